The monoisotopic (exact) mass is 549 g/mol. The molecule has 0 fully saturated rings. The molecule has 40 heavy (non-hydrogen) atoms. The van der Waals surface area contributed by atoms with E-state index in [9.17, 15) is 30.0 Å². The summed E-state index contributed by atoms with van der Waals surface area (Å²) in [5.41, 5.74) is 0.286. The van der Waals surface area contributed by atoms with Gasteiger partial charge in [0.15, 0.2) is 29.7 Å². The number of aliphatic carboxylic acids is 2. The van der Waals surface area contributed by atoms with Crippen LogP contribution in [0.15, 0.2) is 54.6 Å². The standard InChI is InChI=1S/C27H23N3O10/c1-12(26(35)36)39-15-4-7-18(21(33)10-15)24-28-23(17-6-3-14(31)9-20(17)32)29-25(30-24)19-8-5-16(11-22(19)34)40-13(2)27(37)38/h3-13,31-34H,1-2H3,(H,35,36)(H,37,38). The third-order valence-electron chi connectivity index (χ3n) is 5.60. The highest BCUT2D eigenvalue weighted by Crippen LogP contribution is 2.37. The lowest BCUT2D eigenvalue weighted by Crippen LogP contribution is -2.22. The minimum atomic E-state index is -1.20. The van der Waals surface area contributed by atoms with Crippen molar-refractivity contribution in [1.29, 1.82) is 0 Å². The molecule has 206 valence electrons. The Labute approximate surface area is 226 Å². The molecule has 13 heteroatoms. The summed E-state index contributed by atoms with van der Waals surface area (Å²) in [6, 6.07) is 11.7. The Hall–Kier alpha value is -5.59. The maximum atomic E-state index is 11.1. The molecule has 4 aromatic rings. The number of hydrogen-bond donors (Lipinski definition) is 6. The highest BCUT2D eigenvalue weighted by molar-refractivity contribution is 5.75. The fourth-order valence-corrected chi connectivity index (χ4v) is 3.50. The van der Waals surface area contributed by atoms with Gasteiger partial charge in [0.2, 0.25) is 0 Å². The van der Waals surface area contributed by atoms with Crippen molar-refractivity contribution < 1.29 is 49.7 Å². The highest BCUT2D eigenvalue weighted by atomic mass is 16.5. The number of carbonyl (C=O) groups is 2. The predicted molar refractivity (Wildman–Crippen MR) is 138 cm³/mol. The SMILES string of the molecule is CC(Oc1ccc(-c2nc(-c3ccc(O)cc3O)nc(-c3ccc(OC(C)C(=O)O)cc3O)n2)c(O)c1)C(=O)O. The van der Waals surface area contributed by atoms with E-state index in [1.807, 2.05) is 0 Å². The second kappa shape index (κ2) is 11.0. The van der Waals surface area contributed by atoms with E-state index >= 15 is 0 Å². The molecule has 0 radical (unpaired) electrons. The first-order chi connectivity index (χ1) is 18.9. The highest BCUT2D eigenvalue weighted by Gasteiger charge is 2.21. The van der Waals surface area contributed by atoms with Gasteiger partial charge < -0.3 is 40.1 Å². The Kier molecular flexibility index (Phi) is 7.57. The van der Waals surface area contributed by atoms with E-state index in [2.05, 4.69) is 15.0 Å². The maximum Gasteiger partial charge on any atom is 0.344 e. The third-order valence-corrected chi connectivity index (χ3v) is 5.60. The minimum Gasteiger partial charge on any atom is -0.508 e. The van der Waals surface area contributed by atoms with Gasteiger partial charge in [0.25, 0.3) is 0 Å². The van der Waals surface area contributed by atoms with Gasteiger partial charge in [0.05, 0.1) is 16.7 Å². The average Bonchev–Trinajstić information content (AvgIpc) is 2.88. The fourth-order valence-electron chi connectivity index (χ4n) is 3.50. The summed E-state index contributed by atoms with van der Waals surface area (Å²) in [4.78, 5) is 35.2. The van der Waals surface area contributed by atoms with Gasteiger partial charge >= 0.3 is 11.9 Å². The number of nitrogens with zero attached hydrogens (tertiary/aromatic N) is 3. The molecule has 0 bridgehead atoms. The Morgan fingerprint density at radius 1 is 0.600 bits per heavy atom. The van der Waals surface area contributed by atoms with Crippen LogP contribution in [0.5, 0.6) is 34.5 Å². The predicted octanol–water partition coefficient (Wildman–Crippen LogP) is 3.40. The van der Waals surface area contributed by atoms with Gasteiger partial charge in [-0.1, -0.05) is 0 Å². The topological polar surface area (TPSA) is 213 Å². The Morgan fingerprint density at radius 3 is 1.27 bits per heavy atom. The van der Waals surface area contributed by atoms with E-state index in [0.717, 1.165) is 6.07 Å². The molecule has 0 aliphatic carbocycles. The van der Waals surface area contributed by atoms with E-state index in [0.29, 0.717) is 0 Å². The van der Waals surface area contributed by atoms with Crippen LogP contribution in [0, 0.1) is 0 Å². The molecule has 4 rings (SSSR count). The number of benzene rings is 3. The lowest BCUT2D eigenvalue weighted by Gasteiger charge is -2.14. The van der Waals surface area contributed by atoms with E-state index in [1.165, 1.54) is 62.4 Å². The largest absolute Gasteiger partial charge is 0.508 e. The summed E-state index contributed by atoms with van der Waals surface area (Å²) in [6.07, 6.45) is -2.35. The van der Waals surface area contributed by atoms with Crippen molar-refractivity contribution in [3.05, 3.63) is 54.6 Å². The molecule has 2 atom stereocenters. The number of aromatic nitrogens is 3. The van der Waals surface area contributed by atoms with Crippen LogP contribution in [0.3, 0.4) is 0 Å². The molecule has 1 aromatic heterocycles. The normalized spacial score (nSPS) is 12.3. The minimum absolute atomic E-state index is 0.0732. The summed E-state index contributed by atoms with van der Waals surface area (Å²) in [5, 5.41) is 59.6. The van der Waals surface area contributed by atoms with Crippen molar-refractivity contribution in [1.82, 2.24) is 15.0 Å². The van der Waals surface area contributed by atoms with E-state index in [-0.39, 0.29) is 68.7 Å². The molecule has 0 amide bonds. The molecule has 0 aliphatic rings. The number of carboxylic acids is 2. The zero-order valence-electron chi connectivity index (χ0n) is 21.0. The van der Waals surface area contributed by atoms with E-state index in [4.69, 9.17) is 19.7 Å². The van der Waals surface area contributed by atoms with Crippen LogP contribution in [0.2, 0.25) is 0 Å². The van der Waals surface area contributed by atoms with Gasteiger partial charge in [-0.25, -0.2) is 24.5 Å². The second-order valence-electron chi connectivity index (χ2n) is 8.56. The van der Waals surface area contributed by atoms with Crippen LogP contribution in [-0.2, 0) is 9.59 Å². The number of aromatic hydroxyl groups is 4. The van der Waals surface area contributed by atoms with Crippen LogP contribution >= 0.6 is 0 Å². The van der Waals surface area contributed by atoms with Gasteiger partial charge in [0, 0.05) is 18.2 Å². The molecule has 13 nitrogen and oxygen atoms in total. The van der Waals surface area contributed by atoms with Crippen LogP contribution in [-0.4, -0.2) is 69.7 Å². The van der Waals surface area contributed by atoms with Crippen molar-refractivity contribution in [3.8, 4) is 68.7 Å². The summed E-state index contributed by atoms with van der Waals surface area (Å²) in [6.45, 7) is 2.65. The van der Waals surface area contributed by atoms with Crippen molar-refractivity contribution in [3.63, 3.8) is 0 Å². The molecular weight excluding hydrogens is 526 g/mol. The molecule has 0 spiro atoms. The van der Waals surface area contributed by atoms with Crippen LogP contribution in [0.1, 0.15) is 13.8 Å². The zero-order valence-corrected chi connectivity index (χ0v) is 21.0. The van der Waals surface area contributed by atoms with Gasteiger partial charge in [-0.05, 0) is 50.2 Å². The third kappa shape index (κ3) is 5.93. The molecule has 6 N–H and O–H groups in total. The van der Waals surface area contributed by atoms with Crippen LogP contribution in [0.4, 0.5) is 0 Å². The first kappa shape index (κ1) is 27.4. The maximum absolute atomic E-state index is 11.1. The quantitative estimate of drug-likeness (QED) is 0.177. The Morgan fingerprint density at radius 2 is 0.950 bits per heavy atom. The lowest BCUT2D eigenvalue weighted by atomic mass is 10.1. The van der Waals surface area contributed by atoms with Crippen molar-refractivity contribution >= 4 is 11.9 Å². The van der Waals surface area contributed by atoms with E-state index in [1.54, 1.807) is 0 Å². The number of ether oxygens (including phenoxy) is 2. The number of hydrogen-bond acceptors (Lipinski definition) is 11. The van der Waals surface area contributed by atoms with Crippen LogP contribution < -0.4 is 9.47 Å². The average molecular weight is 549 g/mol. The Balaban J connectivity index is 1.83. The number of rotatable bonds is 9. The van der Waals surface area contributed by atoms with Gasteiger partial charge in [-0.3, -0.25) is 0 Å². The molecular formula is C27H23N3O10. The lowest BCUT2D eigenvalue weighted by molar-refractivity contribution is -0.145. The van der Waals surface area contributed by atoms with Gasteiger partial charge in [-0.15, -0.1) is 0 Å². The molecule has 0 saturated heterocycles. The van der Waals surface area contributed by atoms with Crippen molar-refractivity contribution in [2.24, 2.45) is 0 Å². The summed E-state index contributed by atoms with van der Waals surface area (Å²) in [5.74, 6) is -3.75. The number of carboxylic acid groups (broad SMARTS) is 2. The molecule has 0 saturated carbocycles. The van der Waals surface area contributed by atoms with Crippen molar-refractivity contribution in [2.75, 3.05) is 0 Å². The second-order valence-corrected chi connectivity index (χ2v) is 8.56. The summed E-state index contributed by atoms with van der Waals surface area (Å²) < 4.78 is 10.6. The van der Waals surface area contributed by atoms with E-state index < -0.39 is 24.1 Å². The Bertz CT molecular complexity index is 1520. The first-order valence-electron chi connectivity index (χ1n) is 11.7. The smallest absolute Gasteiger partial charge is 0.344 e. The molecule has 1 heterocycles. The summed E-state index contributed by atoms with van der Waals surface area (Å²) >= 11 is 0. The van der Waals surface area contributed by atoms with Gasteiger partial charge in [-0.2, -0.15) is 0 Å². The molecule has 3 aromatic carbocycles. The molecule has 0 aliphatic heterocycles. The van der Waals surface area contributed by atoms with Gasteiger partial charge in [0.1, 0.15) is 34.5 Å². The number of phenolic OH excluding ortho intramolecular Hbond substituents is 4. The van der Waals surface area contributed by atoms with Crippen LogP contribution in [0.25, 0.3) is 34.2 Å². The molecule has 2 unspecified atom stereocenters. The van der Waals surface area contributed by atoms with Crippen molar-refractivity contribution in [2.45, 2.75) is 26.1 Å². The fraction of sp³-hybridized carbons (Fsp3) is 0.148. The zero-order chi connectivity index (χ0) is 29.1. The summed E-state index contributed by atoms with van der Waals surface area (Å²) in [7, 11) is 0. The number of phenols is 4. The first-order valence-corrected chi connectivity index (χ1v) is 11.7.